The van der Waals surface area contributed by atoms with E-state index in [1.807, 2.05) is 25.1 Å². The zero-order valence-electron chi connectivity index (χ0n) is 9.03. The number of anilines is 1. The van der Waals surface area contributed by atoms with Crippen LogP contribution >= 0.6 is 0 Å². The highest BCUT2D eigenvalue weighted by atomic mass is 16.1. The molecular weight excluding hydrogens is 202 g/mol. The molecule has 16 heavy (non-hydrogen) atoms. The maximum atomic E-state index is 11.6. The summed E-state index contributed by atoms with van der Waals surface area (Å²) in [5.74, 6) is -0.0342. The van der Waals surface area contributed by atoms with E-state index in [9.17, 15) is 4.79 Å². The van der Waals surface area contributed by atoms with E-state index in [2.05, 4.69) is 15.3 Å². The molecule has 0 radical (unpaired) electrons. The molecule has 0 saturated carbocycles. The average Bonchev–Trinajstić information content (AvgIpc) is 2.70. The van der Waals surface area contributed by atoms with E-state index in [0.29, 0.717) is 6.42 Å². The van der Waals surface area contributed by atoms with Crippen LogP contribution in [-0.4, -0.2) is 15.9 Å². The van der Waals surface area contributed by atoms with Crippen LogP contribution in [0.15, 0.2) is 36.7 Å². The summed E-state index contributed by atoms with van der Waals surface area (Å²) in [7, 11) is 0. The van der Waals surface area contributed by atoms with Crippen molar-refractivity contribution >= 4 is 11.6 Å². The van der Waals surface area contributed by atoms with Crippen LogP contribution in [0.2, 0.25) is 0 Å². The van der Waals surface area contributed by atoms with Crippen LogP contribution in [0.4, 0.5) is 5.69 Å². The lowest BCUT2D eigenvalue weighted by Crippen LogP contribution is -2.14. The first kappa shape index (κ1) is 10.4. The number of rotatable bonds is 3. The zero-order valence-corrected chi connectivity index (χ0v) is 9.03. The summed E-state index contributed by atoms with van der Waals surface area (Å²) < 4.78 is 0. The van der Waals surface area contributed by atoms with Crippen molar-refractivity contribution in [2.75, 3.05) is 5.32 Å². The third-order valence-corrected chi connectivity index (χ3v) is 2.19. The Labute approximate surface area is 93.7 Å². The lowest BCUT2D eigenvalue weighted by Gasteiger charge is -2.04. The molecule has 0 atom stereocenters. The zero-order chi connectivity index (χ0) is 11.4. The Morgan fingerprint density at radius 2 is 2.38 bits per heavy atom. The summed E-state index contributed by atoms with van der Waals surface area (Å²) in [6.07, 6.45) is 3.84. The predicted molar refractivity (Wildman–Crippen MR) is 62.1 cm³/mol. The van der Waals surface area contributed by atoms with Gasteiger partial charge in [-0.25, -0.2) is 0 Å². The van der Waals surface area contributed by atoms with Crippen molar-refractivity contribution in [3.63, 3.8) is 0 Å². The van der Waals surface area contributed by atoms with E-state index < -0.39 is 0 Å². The van der Waals surface area contributed by atoms with E-state index in [4.69, 9.17) is 0 Å². The molecule has 2 heterocycles. The van der Waals surface area contributed by atoms with Gasteiger partial charge in [0.15, 0.2) is 0 Å². The summed E-state index contributed by atoms with van der Waals surface area (Å²) in [6.45, 7) is 1.89. The molecule has 0 spiro atoms. The first-order valence-corrected chi connectivity index (χ1v) is 5.09. The van der Waals surface area contributed by atoms with Crippen molar-refractivity contribution in [1.82, 2.24) is 9.97 Å². The normalized spacial score (nSPS) is 10.1. The van der Waals surface area contributed by atoms with E-state index in [1.165, 1.54) is 0 Å². The maximum absolute atomic E-state index is 11.6. The molecule has 0 aliphatic rings. The molecule has 0 saturated heterocycles. The van der Waals surface area contributed by atoms with E-state index in [0.717, 1.165) is 17.1 Å². The molecule has 1 amide bonds. The number of hydrogen-bond acceptors (Lipinski definition) is 2. The highest BCUT2D eigenvalue weighted by molar-refractivity contribution is 5.91. The number of aryl methyl sites for hydroxylation is 1. The smallest absolute Gasteiger partial charge is 0.230 e. The topological polar surface area (TPSA) is 57.8 Å². The minimum atomic E-state index is -0.0342. The van der Waals surface area contributed by atoms with Gasteiger partial charge in [0.25, 0.3) is 0 Å². The van der Waals surface area contributed by atoms with Gasteiger partial charge in [-0.15, -0.1) is 0 Å². The van der Waals surface area contributed by atoms with Gasteiger partial charge in [0.1, 0.15) is 0 Å². The van der Waals surface area contributed by atoms with Crippen molar-refractivity contribution in [1.29, 1.82) is 0 Å². The molecule has 0 fully saturated rings. The molecule has 0 aromatic carbocycles. The second-order valence-electron chi connectivity index (χ2n) is 3.61. The van der Waals surface area contributed by atoms with Crippen molar-refractivity contribution in [2.24, 2.45) is 0 Å². The largest absolute Gasteiger partial charge is 0.365 e. The summed E-state index contributed by atoms with van der Waals surface area (Å²) in [6, 6.07) is 7.38. The van der Waals surface area contributed by atoms with Crippen LogP contribution in [0.3, 0.4) is 0 Å². The minimum absolute atomic E-state index is 0.0342. The van der Waals surface area contributed by atoms with Gasteiger partial charge in [0, 0.05) is 29.5 Å². The number of hydrogen-bond donors (Lipinski definition) is 2. The molecule has 0 aliphatic carbocycles. The Balaban J connectivity index is 1.97. The second-order valence-corrected chi connectivity index (χ2v) is 3.61. The van der Waals surface area contributed by atoms with Gasteiger partial charge >= 0.3 is 0 Å². The molecule has 2 aromatic rings. The Bertz CT molecular complexity index is 477. The number of H-pyrrole nitrogens is 1. The Morgan fingerprint density at radius 1 is 1.50 bits per heavy atom. The molecule has 2 N–H and O–H groups in total. The number of aromatic amines is 1. The first-order chi connectivity index (χ1) is 7.74. The number of aromatic nitrogens is 2. The van der Waals surface area contributed by atoms with Gasteiger partial charge in [0.2, 0.25) is 5.91 Å². The summed E-state index contributed by atoms with van der Waals surface area (Å²) in [4.78, 5) is 18.7. The minimum Gasteiger partial charge on any atom is -0.365 e. The summed E-state index contributed by atoms with van der Waals surface area (Å²) in [5, 5.41) is 2.82. The lowest BCUT2D eigenvalue weighted by molar-refractivity contribution is -0.115. The van der Waals surface area contributed by atoms with E-state index in [-0.39, 0.29) is 5.91 Å². The standard InChI is InChI=1S/C12H13N3O/c1-9-7-11(4-6-13-9)15-12(16)8-10-3-2-5-14-10/h2-7,14H,8H2,1H3,(H,13,15,16). The highest BCUT2D eigenvalue weighted by Crippen LogP contribution is 2.07. The Kier molecular flexibility index (Phi) is 3.00. The molecule has 0 bridgehead atoms. The van der Waals surface area contributed by atoms with Crippen LogP contribution in [0.25, 0.3) is 0 Å². The number of carbonyl (C=O) groups excluding carboxylic acids is 1. The van der Waals surface area contributed by atoms with Gasteiger partial charge in [-0.2, -0.15) is 0 Å². The molecule has 0 unspecified atom stereocenters. The number of nitrogens with one attached hydrogen (secondary N) is 2. The maximum Gasteiger partial charge on any atom is 0.230 e. The molecule has 4 nitrogen and oxygen atoms in total. The van der Waals surface area contributed by atoms with Crippen LogP contribution in [0, 0.1) is 6.92 Å². The van der Waals surface area contributed by atoms with Gasteiger partial charge in [0.05, 0.1) is 6.42 Å². The number of pyridine rings is 1. The lowest BCUT2D eigenvalue weighted by atomic mass is 10.3. The summed E-state index contributed by atoms with van der Waals surface area (Å²) >= 11 is 0. The van der Waals surface area contributed by atoms with Gasteiger partial charge < -0.3 is 10.3 Å². The molecule has 82 valence electrons. The van der Waals surface area contributed by atoms with Crippen LogP contribution < -0.4 is 5.32 Å². The fraction of sp³-hybridized carbons (Fsp3) is 0.167. The van der Waals surface area contributed by atoms with E-state index >= 15 is 0 Å². The first-order valence-electron chi connectivity index (χ1n) is 5.09. The fourth-order valence-corrected chi connectivity index (χ4v) is 1.48. The molecular formula is C12H13N3O. The van der Waals surface area contributed by atoms with Crippen molar-refractivity contribution in [3.05, 3.63) is 48.0 Å². The average molecular weight is 215 g/mol. The number of carbonyl (C=O) groups is 1. The van der Waals surface area contributed by atoms with Crippen LogP contribution in [0.5, 0.6) is 0 Å². The molecule has 0 aliphatic heterocycles. The Morgan fingerprint density at radius 3 is 3.06 bits per heavy atom. The highest BCUT2D eigenvalue weighted by Gasteiger charge is 2.04. The predicted octanol–water partition coefficient (Wildman–Crippen LogP) is 1.90. The molecule has 2 aromatic heterocycles. The van der Waals surface area contributed by atoms with Gasteiger partial charge in [-0.1, -0.05) is 0 Å². The van der Waals surface area contributed by atoms with Gasteiger partial charge in [-0.3, -0.25) is 9.78 Å². The third-order valence-electron chi connectivity index (χ3n) is 2.19. The molecule has 2 rings (SSSR count). The van der Waals surface area contributed by atoms with E-state index in [1.54, 1.807) is 18.5 Å². The van der Waals surface area contributed by atoms with Gasteiger partial charge in [-0.05, 0) is 31.2 Å². The van der Waals surface area contributed by atoms with Crippen molar-refractivity contribution in [2.45, 2.75) is 13.3 Å². The van der Waals surface area contributed by atoms with Crippen molar-refractivity contribution in [3.8, 4) is 0 Å². The molecule has 4 heteroatoms. The monoisotopic (exact) mass is 215 g/mol. The van der Waals surface area contributed by atoms with Crippen LogP contribution in [-0.2, 0) is 11.2 Å². The number of nitrogens with zero attached hydrogens (tertiary/aromatic N) is 1. The number of amides is 1. The SMILES string of the molecule is Cc1cc(NC(=O)Cc2ccc[nH]2)ccn1. The van der Waals surface area contributed by atoms with Crippen LogP contribution in [0.1, 0.15) is 11.4 Å². The summed E-state index contributed by atoms with van der Waals surface area (Å²) in [5.41, 5.74) is 2.57. The third kappa shape index (κ3) is 2.70. The Hall–Kier alpha value is -2.10. The van der Waals surface area contributed by atoms with Crippen molar-refractivity contribution < 1.29 is 4.79 Å². The quantitative estimate of drug-likeness (QED) is 0.821. The second kappa shape index (κ2) is 4.61. The fourth-order valence-electron chi connectivity index (χ4n) is 1.48.